The van der Waals surface area contributed by atoms with Crippen molar-refractivity contribution in [3.05, 3.63) is 105 Å². The molecule has 1 aromatic heterocycles. The van der Waals surface area contributed by atoms with Crippen molar-refractivity contribution in [3.8, 4) is 11.8 Å². The number of pyridine rings is 1. The van der Waals surface area contributed by atoms with E-state index >= 15 is 0 Å². The van der Waals surface area contributed by atoms with E-state index in [1.165, 1.54) is 11.6 Å². The van der Waals surface area contributed by atoms with Crippen molar-refractivity contribution in [1.82, 2.24) is 9.88 Å². The van der Waals surface area contributed by atoms with Crippen LogP contribution in [0.15, 0.2) is 71.5 Å². The first-order chi connectivity index (χ1) is 15.7. The molecule has 5 nitrogen and oxygen atoms in total. The highest BCUT2D eigenvalue weighted by atomic mass is 16.5. The molecule has 0 bridgehead atoms. The summed E-state index contributed by atoms with van der Waals surface area (Å²) < 4.78 is 5.40. The molecule has 1 atom stereocenters. The van der Waals surface area contributed by atoms with Crippen molar-refractivity contribution in [2.75, 3.05) is 32.9 Å². The van der Waals surface area contributed by atoms with E-state index in [4.69, 9.17) is 4.74 Å². The summed E-state index contributed by atoms with van der Waals surface area (Å²) in [5.41, 5.74) is 4.92. The lowest BCUT2D eigenvalue weighted by Gasteiger charge is -2.26. The summed E-state index contributed by atoms with van der Waals surface area (Å²) >= 11 is 0. The van der Waals surface area contributed by atoms with Gasteiger partial charge in [0.15, 0.2) is 0 Å². The standard InChI is InChI=1S/C27H28N2O3/c30-20-25(18-26-2-1-3-27(31)28-26)24-12-10-22(11-13-24)5-4-21-6-8-23(9-7-21)19-29-14-16-32-17-15-29/h1-3,6-13,25,30H,14-20H2,(H,28,31). The van der Waals surface area contributed by atoms with Gasteiger partial charge in [0.1, 0.15) is 0 Å². The second-order valence-electron chi connectivity index (χ2n) is 8.08. The zero-order chi connectivity index (χ0) is 22.2. The summed E-state index contributed by atoms with van der Waals surface area (Å²) in [6.07, 6.45) is 0.578. The van der Waals surface area contributed by atoms with Gasteiger partial charge in [-0.3, -0.25) is 9.69 Å². The van der Waals surface area contributed by atoms with Gasteiger partial charge in [-0.15, -0.1) is 0 Å². The third-order valence-electron chi connectivity index (χ3n) is 5.71. The number of aromatic nitrogens is 1. The normalized spacial score (nSPS) is 15.0. The molecule has 1 aliphatic rings. The molecular formula is C27H28N2O3. The van der Waals surface area contributed by atoms with Gasteiger partial charge >= 0.3 is 0 Å². The fourth-order valence-corrected chi connectivity index (χ4v) is 3.86. The van der Waals surface area contributed by atoms with Crippen LogP contribution in [0.2, 0.25) is 0 Å². The number of aromatic amines is 1. The predicted molar refractivity (Wildman–Crippen MR) is 126 cm³/mol. The summed E-state index contributed by atoms with van der Waals surface area (Å²) in [6, 6.07) is 21.5. The molecular weight excluding hydrogens is 400 g/mol. The largest absolute Gasteiger partial charge is 0.396 e. The number of nitrogens with one attached hydrogen (secondary N) is 1. The van der Waals surface area contributed by atoms with E-state index in [1.807, 2.05) is 30.3 Å². The van der Waals surface area contributed by atoms with Gasteiger partial charge in [-0.25, -0.2) is 0 Å². The Balaban J connectivity index is 1.37. The first kappa shape index (κ1) is 22.0. The first-order valence-electron chi connectivity index (χ1n) is 11.0. The highest BCUT2D eigenvalue weighted by Gasteiger charge is 2.12. The lowest BCUT2D eigenvalue weighted by Crippen LogP contribution is -2.35. The van der Waals surface area contributed by atoms with Crippen LogP contribution in [0.5, 0.6) is 0 Å². The van der Waals surface area contributed by atoms with Gasteiger partial charge < -0.3 is 14.8 Å². The van der Waals surface area contributed by atoms with Gasteiger partial charge in [0.2, 0.25) is 5.56 Å². The molecule has 3 aromatic rings. The zero-order valence-electron chi connectivity index (χ0n) is 18.1. The molecule has 2 heterocycles. The third-order valence-corrected chi connectivity index (χ3v) is 5.71. The Morgan fingerprint density at radius 1 is 0.938 bits per heavy atom. The maximum absolute atomic E-state index is 11.5. The van der Waals surface area contributed by atoms with Gasteiger partial charge in [-0.05, 0) is 47.9 Å². The van der Waals surface area contributed by atoms with Crippen molar-refractivity contribution in [2.45, 2.75) is 18.9 Å². The van der Waals surface area contributed by atoms with E-state index in [2.05, 4.69) is 46.0 Å². The molecule has 0 saturated carbocycles. The molecule has 2 N–H and O–H groups in total. The second-order valence-corrected chi connectivity index (χ2v) is 8.08. The molecule has 4 rings (SSSR count). The average molecular weight is 429 g/mol. The minimum Gasteiger partial charge on any atom is -0.396 e. The van der Waals surface area contributed by atoms with E-state index in [-0.39, 0.29) is 18.1 Å². The zero-order valence-corrected chi connectivity index (χ0v) is 18.1. The number of rotatable bonds is 6. The van der Waals surface area contributed by atoms with E-state index in [0.29, 0.717) is 6.42 Å². The second kappa shape index (κ2) is 10.9. The number of H-pyrrole nitrogens is 1. The summed E-state index contributed by atoms with van der Waals surface area (Å²) in [6.45, 7) is 4.55. The van der Waals surface area contributed by atoms with Crippen molar-refractivity contribution in [2.24, 2.45) is 0 Å². The van der Waals surface area contributed by atoms with Crippen molar-refractivity contribution >= 4 is 0 Å². The molecule has 1 aliphatic heterocycles. The monoisotopic (exact) mass is 428 g/mol. The van der Waals surface area contributed by atoms with Crippen LogP contribution in [0, 0.1) is 11.8 Å². The highest BCUT2D eigenvalue weighted by molar-refractivity contribution is 5.44. The summed E-state index contributed by atoms with van der Waals surface area (Å²) in [5.74, 6) is 6.37. The van der Waals surface area contributed by atoms with Crippen LogP contribution in [0.3, 0.4) is 0 Å². The van der Waals surface area contributed by atoms with Crippen LogP contribution in [0.25, 0.3) is 0 Å². The highest BCUT2D eigenvalue weighted by Crippen LogP contribution is 2.20. The minimum absolute atomic E-state index is 0.0127. The van der Waals surface area contributed by atoms with Crippen LogP contribution in [-0.4, -0.2) is 47.9 Å². The number of nitrogens with zero attached hydrogens (tertiary/aromatic N) is 1. The average Bonchev–Trinajstić information content (AvgIpc) is 2.83. The maximum atomic E-state index is 11.5. The van der Waals surface area contributed by atoms with Crippen LogP contribution < -0.4 is 5.56 Å². The van der Waals surface area contributed by atoms with Gasteiger partial charge in [-0.2, -0.15) is 0 Å². The molecule has 1 unspecified atom stereocenters. The molecule has 5 heteroatoms. The predicted octanol–water partition coefficient (Wildman–Crippen LogP) is 2.93. The van der Waals surface area contributed by atoms with Gasteiger partial charge in [0.05, 0.1) is 19.8 Å². The number of morpholine rings is 1. The number of hydrogen-bond acceptors (Lipinski definition) is 4. The minimum atomic E-state index is -0.126. The summed E-state index contributed by atoms with van der Waals surface area (Å²) in [4.78, 5) is 16.7. The number of ether oxygens (including phenoxy) is 1. The molecule has 164 valence electrons. The topological polar surface area (TPSA) is 65.6 Å². The van der Waals surface area contributed by atoms with E-state index in [1.54, 1.807) is 6.07 Å². The summed E-state index contributed by atoms with van der Waals surface area (Å²) in [5, 5.41) is 9.83. The number of benzene rings is 2. The number of aliphatic hydroxyl groups excluding tert-OH is 1. The smallest absolute Gasteiger partial charge is 0.248 e. The van der Waals surface area contributed by atoms with Crippen LogP contribution >= 0.6 is 0 Å². The number of aliphatic hydroxyl groups is 1. The lowest BCUT2D eigenvalue weighted by atomic mass is 9.94. The van der Waals surface area contributed by atoms with E-state index < -0.39 is 0 Å². The Morgan fingerprint density at radius 2 is 1.59 bits per heavy atom. The molecule has 0 spiro atoms. The third kappa shape index (κ3) is 6.18. The van der Waals surface area contributed by atoms with Gasteiger partial charge in [0, 0.05) is 48.4 Å². The van der Waals surface area contributed by atoms with Gasteiger partial charge in [0.25, 0.3) is 0 Å². The Hall–Kier alpha value is -3.17. The Kier molecular flexibility index (Phi) is 7.52. The van der Waals surface area contributed by atoms with Crippen molar-refractivity contribution in [3.63, 3.8) is 0 Å². The Bertz CT molecular complexity index is 1120. The molecule has 2 aromatic carbocycles. The summed E-state index contributed by atoms with van der Waals surface area (Å²) in [7, 11) is 0. The fourth-order valence-electron chi connectivity index (χ4n) is 3.86. The van der Waals surface area contributed by atoms with Crippen LogP contribution in [-0.2, 0) is 17.7 Å². The van der Waals surface area contributed by atoms with Crippen molar-refractivity contribution in [1.29, 1.82) is 0 Å². The van der Waals surface area contributed by atoms with E-state index in [0.717, 1.165) is 55.2 Å². The molecule has 0 radical (unpaired) electrons. The molecule has 1 fully saturated rings. The molecule has 1 saturated heterocycles. The molecule has 0 amide bonds. The van der Waals surface area contributed by atoms with Gasteiger partial charge in [-0.1, -0.05) is 42.2 Å². The molecule has 32 heavy (non-hydrogen) atoms. The van der Waals surface area contributed by atoms with E-state index in [9.17, 15) is 9.90 Å². The quantitative estimate of drug-likeness (QED) is 0.593. The SMILES string of the molecule is O=c1cccc(CC(CO)c2ccc(C#Cc3ccc(CN4CCOCC4)cc3)cc2)[nH]1. The van der Waals surface area contributed by atoms with Crippen LogP contribution in [0.1, 0.15) is 33.9 Å². The molecule has 0 aliphatic carbocycles. The van der Waals surface area contributed by atoms with Crippen LogP contribution in [0.4, 0.5) is 0 Å². The lowest BCUT2D eigenvalue weighted by molar-refractivity contribution is 0.0342. The Morgan fingerprint density at radius 3 is 2.22 bits per heavy atom. The number of hydrogen-bond donors (Lipinski definition) is 2. The van der Waals surface area contributed by atoms with Crippen molar-refractivity contribution < 1.29 is 9.84 Å². The fraction of sp³-hybridized carbons (Fsp3) is 0.296. The Labute approximate surface area is 188 Å². The maximum Gasteiger partial charge on any atom is 0.248 e. The first-order valence-corrected chi connectivity index (χ1v) is 11.0.